The Balaban J connectivity index is 1.46. The van der Waals surface area contributed by atoms with Gasteiger partial charge in [0.2, 0.25) is 0 Å². The summed E-state index contributed by atoms with van der Waals surface area (Å²) in [6.07, 6.45) is 6.57. The fourth-order valence-corrected chi connectivity index (χ4v) is 6.50. The van der Waals surface area contributed by atoms with Gasteiger partial charge in [-0.05, 0) is 93.3 Å². The van der Waals surface area contributed by atoms with Crippen molar-refractivity contribution >= 4 is 45.9 Å². The Morgan fingerprint density at radius 3 is 2.40 bits per heavy atom. The van der Waals surface area contributed by atoms with Crippen molar-refractivity contribution in [1.82, 2.24) is 4.90 Å². The Labute approximate surface area is 241 Å². The number of rotatable bonds is 8. The van der Waals surface area contributed by atoms with Crippen molar-refractivity contribution in [2.45, 2.75) is 52.5 Å². The average Bonchev–Trinajstić information content (AvgIpc) is 3.21. The molecule has 2 aliphatic rings. The van der Waals surface area contributed by atoms with E-state index < -0.39 is 0 Å². The van der Waals surface area contributed by atoms with E-state index in [1.54, 1.807) is 17.0 Å². The zero-order valence-corrected chi connectivity index (χ0v) is 24.5. The van der Waals surface area contributed by atoms with Gasteiger partial charge in [0.1, 0.15) is 5.82 Å². The maximum atomic E-state index is 15.6. The van der Waals surface area contributed by atoms with Crippen LogP contribution in [0.15, 0.2) is 88.8 Å². The zero-order chi connectivity index (χ0) is 28.3. The smallest absolute Gasteiger partial charge is 0.266 e. The molecule has 1 saturated heterocycles. The van der Waals surface area contributed by atoms with Gasteiger partial charge in [0, 0.05) is 29.9 Å². The van der Waals surface area contributed by atoms with Crippen LogP contribution in [0, 0.1) is 5.82 Å². The van der Waals surface area contributed by atoms with Crippen LogP contribution in [-0.4, -0.2) is 34.6 Å². The predicted octanol–water partition coefficient (Wildman–Crippen LogP) is 8.47. The van der Waals surface area contributed by atoms with Crippen molar-refractivity contribution in [2.24, 2.45) is 4.99 Å². The van der Waals surface area contributed by atoms with E-state index in [1.807, 2.05) is 54.6 Å². The van der Waals surface area contributed by atoms with Gasteiger partial charge < -0.3 is 4.90 Å². The van der Waals surface area contributed by atoms with E-state index >= 15 is 4.39 Å². The number of fused-ring (bicyclic) bond motifs is 1. The summed E-state index contributed by atoms with van der Waals surface area (Å²) in [5, 5.41) is 0.626. The normalized spacial score (nSPS) is 18.4. The van der Waals surface area contributed by atoms with Gasteiger partial charge in [0.25, 0.3) is 5.91 Å². The average molecular weight is 554 g/mol. The minimum atomic E-state index is -0.324. The van der Waals surface area contributed by atoms with Crippen LogP contribution in [0.4, 0.5) is 15.8 Å². The fraction of sp³-hybridized carbons (Fsp3) is 0.294. The van der Waals surface area contributed by atoms with Gasteiger partial charge in [-0.1, -0.05) is 61.5 Å². The molecule has 6 heteroatoms. The van der Waals surface area contributed by atoms with E-state index in [0.717, 1.165) is 48.3 Å². The number of hydrogen-bond donors (Lipinski definition) is 0. The maximum Gasteiger partial charge on any atom is 0.266 e. The molecule has 1 amide bonds. The number of benzene rings is 3. The molecule has 2 heterocycles. The van der Waals surface area contributed by atoms with Crippen molar-refractivity contribution in [2.75, 3.05) is 18.0 Å². The minimum absolute atomic E-state index is 0.133. The molecule has 40 heavy (non-hydrogen) atoms. The summed E-state index contributed by atoms with van der Waals surface area (Å²) in [5.41, 5.74) is 5.28. The number of thioether (sulfide) groups is 1. The van der Waals surface area contributed by atoms with Crippen LogP contribution in [-0.2, 0) is 11.2 Å². The number of amides is 1. The molecule has 2 aliphatic heterocycles. The second-order valence-electron chi connectivity index (χ2n) is 10.9. The number of allylic oxidation sites excluding steroid dienone is 1. The number of carbonyl (C=O) groups is 1. The van der Waals surface area contributed by atoms with E-state index in [9.17, 15) is 4.79 Å². The lowest BCUT2D eigenvalue weighted by molar-refractivity contribution is -0.122. The van der Waals surface area contributed by atoms with Crippen LogP contribution >= 0.6 is 11.8 Å². The predicted molar refractivity (Wildman–Crippen MR) is 167 cm³/mol. The van der Waals surface area contributed by atoms with Gasteiger partial charge >= 0.3 is 0 Å². The van der Waals surface area contributed by atoms with Crippen molar-refractivity contribution in [3.63, 3.8) is 0 Å². The molecule has 5 rings (SSSR count). The van der Waals surface area contributed by atoms with Crippen molar-refractivity contribution in [3.05, 3.63) is 106 Å². The van der Waals surface area contributed by atoms with Crippen LogP contribution in [0.5, 0.6) is 0 Å². The number of para-hydroxylation sites is 1. The highest BCUT2D eigenvalue weighted by Gasteiger charge is 2.34. The van der Waals surface area contributed by atoms with Gasteiger partial charge in [0.05, 0.1) is 16.1 Å². The molecule has 0 aliphatic carbocycles. The topological polar surface area (TPSA) is 35.9 Å². The van der Waals surface area contributed by atoms with Crippen LogP contribution in [0.3, 0.4) is 0 Å². The quantitative estimate of drug-likeness (QED) is 0.263. The van der Waals surface area contributed by atoms with Crippen molar-refractivity contribution in [1.29, 1.82) is 0 Å². The Morgan fingerprint density at radius 1 is 1.00 bits per heavy atom. The monoisotopic (exact) mass is 553 g/mol. The third kappa shape index (κ3) is 5.92. The van der Waals surface area contributed by atoms with E-state index in [4.69, 9.17) is 4.99 Å². The Hall–Kier alpha value is -3.64. The number of hydrogen-bond acceptors (Lipinski definition) is 4. The Morgan fingerprint density at radius 2 is 1.70 bits per heavy atom. The van der Waals surface area contributed by atoms with E-state index in [1.165, 1.54) is 17.3 Å². The van der Waals surface area contributed by atoms with Crippen LogP contribution in [0.2, 0.25) is 0 Å². The molecule has 0 aromatic heterocycles. The van der Waals surface area contributed by atoms with Gasteiger partial charge in [-0.2, -0.15) is 0 Å². The minimum Gasteiger partial charge on any atom is -0.362 e. The highest BCUT2D eigenvalue weighted by atomic mass is 32.2. The Bertz CT molecular complexity index is 1480. The van der Waals surface area contributed by atoms with Gasteiger partial charge in [0.15, 0.2) is 5.17 Å². The third-order valence-corrected chi connectivity index (χ3v) is 8.40. The number of nitrogens with zero attached hydrogens (tertiary/aromatic N) is 3. The molecule has 0 atom stereocenters. The fourth-order valence-electron chi connectivity index (χ4n) is 5.49. The molecule has 0 radical (unpaired) electrons. The maximum absolute atomic E-state index is 15.6. The first-order chi connectivity index (χ1) is 19.3. The number of aliphatic imine (C=N–C) groups is 1. The molecule has 0 bridgehead atoms. The third-order valence-electron chi connectivity index (χ3n) is 7.39. The number of amidine groups is 1. The first-order valence-corrected chi connectivity index (χ1v) is 14.8. The molecule has 0 spiro atoms. The molecule has 0 unspecified atom stereocenters. The van der Waals surface area contributed by atoms with E-state index in [-0.39, 0.29) is 17.3 Å². The highest BCUT2D eigenvalue weighted by Crippen LogP contribution is 2.41. The molecule has 4 nitrogen and oxygen atoms in total. The van der Waals surface area contributed by atoms with Gasteiger partial charge in [-0.3, -0.25) is 9.69 Å². The number of anilines is 1. The molecule has 206 valence electrons. The van der Waals surface area contributed by atoms with Crippen LogP contribution < -0.4 is 4.90 Å². The molecule has 3 aromatic carbocycles. The summed E-state index contributed by atoms with van der Waals surface area (Å²) in [6.45, 7) is 9.93. The number of aryl methyl sites for hydroxylation is 1. The summed E-state index contributed by atoms with van der Waals surface area (Å²) < 4.78 is 15.6. The van der Waals surface area contributed by atoms with E-state index in [2.05, 4.69) is 50.8 Å². The number of halogens is 1. The van der Waals surface area contributed by atoms with Crippen LogP contribution in [0.25, 0.3) is 11.6 Å². The lowest BCUT2D eigenvalue weighted by atomic mass is 9.87. The molecular weight excluding hydrogens is 517 g/mol. The second-order valence-corrected chi connectivity index (χ2v) is 11.9. The van der Waals surface area contributed by atoms with Crippen molar-refractivity contribution < 1.29 is 9.18 Å². The number of carbonyl (C=O) groups excluding carboxylic acids is 1. The molecule has 3 aromatic rings. The van der Waals surface area contributed by atoms with Gasteiger partial charge in [-0.15, -0.1) is 0 Å². The lowest BCUT2D eigenvalue weighted by Crippen LogP contribution is -2.45. The van der Waals surface area contributed by atoms with Crippen molar-refractivity contribution in [3.8, 4) is 0 Å². The van der Waals surface area contributed by atoms with Gasteiger partial charge in [-0.25, -0.2) is 9.38 Å². The SMILES string of the molecule is CCCN1c2cc(F)c(/C=C3/SC(=Nc4ccccc4)N(CCCc4ccccc4)C3=O)cc2C(C)=CC1(C)C. The lowest BCUT2D eigenvalue weighted by Gasteiger charge is -2.43. The summed E-state index contributed by atoms with van der Waals surface area (Å²) >= 11 is 1.31. The highest BCUT2D eigenvalue weighted by molar-refractivity contribution is 8.18. The first-order valence-electron chi connectivity index (χ1n) is 14.0. The largest absolute Gasteiger partial charge is 0.362 e. The van der Waals surface area contributed by atoms with Crippen LogP contribution in [0.1, 0.15) is 57.2 Å². The zero-order valence-electron chi connectivity index (χ0n) is 23.7. The molecular formula is C34H36FN3OS. The molecule has 0 saturated carbocycles. The summed E-state index contributed by atoms with van der Waals surface area (Å²) in [5.74, 6) is -0.457. The molecule has 0 N–H and O–H groups in total. The first kappa shape index (κ1) is 27.9. The van der Waals surface area contributed by atoms with E-state index in [0.29, 0.717) is 22.2 Å². The second kappa shape index (κ2) is 11.8. The Kier molecular flexibility index (Phi) is 8.27. The summed E-state index contributed by atoms with van der Waals surface area (Å²) in [4.78, 5) is 22.9. The molecule has 1 fully saturated rings. The summed E-state index contributed by atoms with van der Waals surface area (Å²) in [6, 6.07) is 23.4. The summed E-state index contributed by atoms with van der Waals surface area (Å²) in [7, 11) is 0. The standard InChI is InChI=1S/C34H36FN3OS/c1-5-18-38-30-22-29(35)26(20-28(30)24(2)23-34(38,3)4)21-31-32(39)37(19-12-15-25-13-8-6-9-14-25)33(40-31)36-27-16-10-7-11-17-27/h6-11,13-14,16-17,20-23H,5,12,15,18-19H2,1-4H3/b31-21+,36-33?.